The number of amides is 1. The van der Waals surface area contributed by atoms with Crippen LogP contribution in [0.3, 0.4) is 0 Å². The topological polar surface area (TPSA) is 82.5 Å². The number of hydrogen-bond acceptors (Lipinski definition) is 4. The van der Waals surface area contributed by atoms with Gasteiger partial charge in [0.15, 0.2) is 5.69 Å². The van der Waals surface area contributed by atoms with Gasteiger partial charge in [0.1, 0.15) is 0 Å². The number of rotatable bonds is 5. The van der Waals surface area contributed by atoms with Gasteiger partial charge in [-0.2, -0.15) is 0 Å². The van der Waals surface area contributed by atoms with Crippen LogP contribution in [0.1, 0.15) is 16.9 Å². The van der Waals surface area contributed by atoms with Gasteiger partial charge in [-0.05, 0) is 26.2 Å². The van der Waals surface area contributed by atoms with E-state index in [2.05, 4.69) is 10.3 Å². The second kappa shape index (κ2) is 5.95. The van der Waals surface area contributed by atoms with Gasteiger partial charge in [-0.15, -0.1) is 0 Å². The van der Waals surface area contributed by atoms with E-state index < -0.39 is 5.97 Å². The molecule has 1 aromatic heterocycles. The molecule has 1 rings (SSSR count). The molecule has 17 heavy (non-hydrogen) atoms. The van der Waals surface area contributed by atoms with Gasteiger partial charge in [-0.3, -0.25) is 4.79 Å². The Balaban J connectivity index is 2.68. The van der Waals surface area contributed by atoms with Gasteiger partial charge in [0.2, 0.25) is 5.91 Å². The number of nitrogens with zero attached hydrogens (tertiary/aromatic N) is 2. The Hall–Kier alpha value is -1.95. The van der Waals surface area contributed by atoms with E-state index in [9.17, 15) is 9.59 Å². The molecular formula is C11H15N3O3. The molecule has 1 aromatic rings. The molecule has 1 amide bonds. The minimum Gasteiger partial charge on any atom is -0.476 e. The average molecular weight is 237 g/mol. The van der Waals surface area contributed by atoms with Crippen LogP contribution in [0.2, 0.25) is 0 Å². The summed E-state index contributed by atoms with van der Waals surface area (Å²) in [6.45, 7) is 0.606. The molecule has 0 radical (unpaired) electrons. The fourth-order valence-corrected chi connectivity index (χ4v) is 1.21. The molecule has 0 aliphatic carbocycles. The minimum atomic E-state index is -1.16. The molecule has 6 heteroatoms. The maximum atomic E-state index is 11.5. The molecule has 0 saturated heterocycles. The molecule has 0 fully saturated rings. The Bertz CT molecular complexity index is 418. The normalized spacial score (nSPS) is 10.3. The van der Waals surface area contributed by atoms with Gasteiger partial charge in [0.25, 0.3) is 0 Å². The van der Waals surface area contributed by atoms with Crippen molar-refractivity contribution in [2.45, 2.75) is 6.42 Å². The van der Waals surface area contributed by atoms with Crippen LogP contribution in [0.4, 0.5) is 5.69 Å². The molecular weight excluding hydrogens is 222 g/mol. The predicted molar refractivity (Wildman–Crippen MR) is 63.0 cm³/mol. The number of nitrogens with one attached hydrogen (secondary N) is 1. The third-order valence-electron chi connectivity index (χ3n) is 2.07. The molecule has 0 aliphatic heterocycles. The number of carboxylic acid groups (broad SMARTS) is 1. The average Bonchev–Trinajstić information content (AvgIpc) is 2.27. The number of carboxylic acids is 1. The van der Waals surface area contributed by atoms with E-state index in [0.29, 0.717) is 13.0 Å². The largest absolute Gasteiger partial charge is 0.476 e. The fraction of sp³-hybridized carbons (Fsp3) is 0.364. The van der Waals surface area contributed by atoms with Gasteiger partial charge in [0.05, 0.1) is 5.69 Å². The van der Waals surface area contributed by atoms with Crippen molar-refractivity contribution in [3.63, 3.8) is 0 Å². The number of aromatic nitrogens is 1. The first kappa shape index (κ1) is 13.1. The first-order valence-corrected chi connectivity index (χ1v) is 5.13. The predicted octanol–water partition coefficient (Wildman–Crippen LogP) is 0.670. The maximum absolute atomic E-state index is 11.5. The van der Waals surface area contributed by atoms with Gasteiger partial charge in [0, 0.05) is 19.2 Å². The Kier molecular flexibility index (Phi) is 4.59. The maximum Gasteiger partial charge on any atom is 0.356 e. The van der Waals surface area contributed by atoms with Gasteiger partial charge in [-0.1, -0.05) is 0 Å². The summed E-state index contributed by atoms with van der Waals surface area (Å²) in [6, 6.07) is 3.10. The molecule has 0 spiro atoms. The van der Waals surface area contributed by atoms with Crippen LogP contribution in [-0.2, 0) is 4.79 Å². The van der Waals surface area contributed by atoms with Crippen molar-refractivity contribution >= 4 is 17.6 Å². The highest BCUT2D eigenvalue weighted by molar-refractivity contribution is 5.99. The van der Waals surface area contributed by atoms with Crippen molar-refractivity contribution in [3.8, 4) is 0 Å². The number of carbonyl (C=O) groups excluding carboxylic acids is 1. The summed E-state index contributed by atoms with van der Waals surface area (Å²) in [5, 5.41) is 11.4. The summed E-state index contributed by atoms with van der Waals surface area (Å²) >= 11 is 0. The van der Waals surface area contributed by atoms with Crippen molar-refractivity contribution in [1.82, 2.24) is 9.88 Å². The molecule has 0 bridgehead atoms. The Morgan fingerprint density at radius 1 is 1.47 bits per heavy atom. The lowest BCUT2D eigenvalue weighted by molar-refractivity contribution is -0.116. The Morgan fingerprint density at radius 2 is 2.18 bits per heavy atom. The van der Waals surface area contributed by atoms with Crippen LogP contribution in [0.25, 0.3) is 0 Å². The van der Waals surface area contributed by atoms with Crippen molar-refractivity contribution in [2.75, 3.05) is 26.0 Å². The van der Waals surface area contributed by atoms with Crippen molar-refractivity contribution in [2.24, 2.45) is 0 Å². The van der Waals surface area contributed by atoms with Gasteiger partial charge < -0.3 is 15.3 Å². The molecule has 0 aliphatic rings. The third-order valence-corrected chi connectivity index (χ3v) is 2.07. The van der Waals surface area contributed by atoms with Gasteiger partial charge >= 0.3 is 5.97 Å². The lowest BCUT2D eigenvalue weighted by atomic mass is 10.2. The Labute approximate surface area is 99.3 Å². The third kappa shape index (κ3) is 4.20. The highest BCUT2D eigenvalue weighted by Crippen LogP contribution is 2.12. The van der Waals surface area contributed by atoms with E-state index in [1.165, 1.54) is 12.3 Å². The lowest BCUT2D eigenvalue weighted by Gasteiger charge is -2.10. The SMILES string of the molecule is CN(C)CCC(=O)Nc1cccnc1C(=O)O. The first-order valence-electron chi connectivity index (χ1n) is 5.13. The summed E-state index contributed by atoms with van der Waals surface area (Å²) in [5.74, 6) is -1.39. The highest BCUT2D eigenvalue weighted by atomic mass is 16.4. The number of aromatic carboxylic acids is 1. The van der Waals surface area contributed by atoms with Crippen LogP contribution >= 0.6 is 0 Å². The van der Waals surface area contributed by atoms with Crippen LogP contribution < -0.4 is 5.32 Å². The second-order valence-corrected chi connectivity index (χ2v) is 3.81. The van der Waals surface area contributed by atoms with E-state index >= 15 is 0 Å². The zero-order chi connectivity index (χ0) is 12.8. The molecule has 92 valence electrons. The summed E-state index contributed by atoms with van der Waals surface area (Å²) in [4.78, 5) is 28.0. The van der Waals surface area contributed by atoms with Crippen molar-refractivity contribution < 1.29 is 14.7 Å². The molecule has 0 aromatic carbocycles. The number of anilines is 1. The van der Waals surface area contributed by atoms with E-state index in [1.807, 2.05) is 19.0 Å². The molecule has 0 saturated carbocycles. The lowest BCUT2D eigenvalue weighted by Crippen LogP contribution is -2.21. The molecule has 6 nitrogen and oxygen atoms in total. The standard InChI is InChI=1S/C11H15N3O3/c1-14(2)7-5-9(15)13-8-4-3-6-12-10(8)11(16)17/h3-4,6H,5,7H2,1-2H3,(H,13,15)(H,16,17). The zero-order valence-corrected chi connectivity index (χ0v) is 9.80. The van der Waals surface area contributed by atoms with Crippen LogP contribution in [0.15, 0.2) is 18.3 Å². The van der Waals surface area contributed by atoms with Crippen LogP contribution in [-0.4, -0.2) is 47.5 Å². The summed E-state index contributed by atoms with van der Waals surface area (Å²) < 4.78 is 0. The van der Waals surface area contributed by atoms with E-state index in [-0.39, 0.29) is 17.3 Å². The fourth-order valence-electron chi connectivity index (χ4n) is 1.21. The summed E-state index contributed by atoms with van der Waals surface area (Å²) in [7, 11) is 3.72. The number of pyridine rings is 1. The van der Waals surface area contributed by atoms with Crippen LogP contribution in [0.5, 0.6) is 0 Å². The number of carbonyl (C=O) groups is 2. The van der Waals surface area contributed by atoms with Gasteiger partial charge in [-0.25, -0.2) is 9.78 Å². The monoisotopic (exact) mass is 237 g/mol. The van der Waals surface area contributed by atoms with E-state index in [0.717, 1.165) is 0 Å². The van der Waals surface area contributed by atoms with Crippen molar-refractivity contribution in [1.29, 1.82) is 0 Å². The van der Waals surface area contributed by atoms with Crippen molar-refractivity contribution in [3.05, 3.63) is 24.0 Å². The molecule has 2 N–H and O–H groups in total. The summed E-state index contributed by atoms with van der Waals surface area (Å²) in [6.07, 6.45) is 1.68. The molecule has 0 atom stereocenters. The minimum absolute atomic E-state index is 0.147. The Morgan fingerprint density at radius 3 is 2.76 bits per heavy atom. The smallest absolute Gasteiger partial charge is 0.356 e. The van der Waals surface area contributed by atoms with E-state index in [4.69, 9.17) is 5.11 Å². The highest BCUT2D eigenvalue weighted by Gasteiger charge is 2.13. The summed E-state index contributed by atoms with van der Waals surface area (Å²) in [5.41, 5.74) is 0.0782. The quantitative estimate of drug-likeness (QED) is 0.786. The zero-order valence-electron chi connectivity index (χ0n) is 9.80. The number of hydrogen-bond donors (Lipinski definition) is 2. The van der Waals surface area contributed by atoms with Crippen LogP contribution in [0, 0.1) is 0 Å². The first-order chi connectivity index (χ1) is 8.00. The second-order valence-electron chi connectivity index (χ2n) is 3.81. The van der Waals surface area contributed by atoms with E-state index in [1.54, 1.807) is 6.07 Å². The molecule has 1 heterocycles. The molecule has 0 unspecified atom stereocenters.